The van der Waals surface area contributed by atoms with Gasteiger partial charge in [-0.05, 0) is 79.3 Å². The molecule has 2 aliphatic rings. The molecule has 35 heavy (non-hydrogen) atoms. The first-order valence-electron chi connectivity index (χ1n) is 11.7. The van der Waals surface area contributed by atoms with Crippen LogP contribution in [-0.2, 0) is 12.8 Å². The van der Waals surface area contributed by atoms with Gasteiger partial charge in [0.2, 0.25) is 5.82 Å². The molecule has 4 aromatic rings. The fraction of sp³-hybridized carbons (Fsp3) is 0.179. The molecule has 1 atom stereocenters. The number of rotatable bonds is 4. The molecule has 6 rings (SSSR count). The van der Waals surface area contributed by atoms with Crippen molar-refractivity contribution in [2.75, 3.05) is 4.90 Å². The lowest BCUT2D eigenvalue weighted by Crippen LogP contribution is -2.46. The Bertz CT molecular complexity index is 1440. The van der Waals surface area contributed by atoms with Gasteiger partial charge in [0.25, 0.3) is 5.89 Å². The minimum atomic E-state index is -0.462. The van der Waals surface area contributed by atoms with Crippen LogP contribution < -0.4 is 10.2 Å². The number of hydrogen-bond acceptors (Lipinski definition) is 4. The number of benzene rings is 3. The van der Waals surface area contributed by atoms with E-state index in [1.807, 2.05) is 43.3 Å². The molecule has 0 saturated carbocycles. The maximum absolute atomic E-state index is 13.4. The number of aromatic nitrogens is 2. The number of nitrogens with one attached hydrogen (secondary N) is 1. The van der Waals surface area contributed by atoms with Gasteiger partial charge in [-0.2, -0.15) is 4.98 Å². The highest BCUT2D eigenvalue weighted by atomic mass is 19.1. The Kier molecular flexibility index (Phi) is 5.17. The van der Waals surface area contributed by atoms with Crippen LogP contribution in [0.25, 0.3) is 17.0 Å². The van der Waals surface area contributed by atoms with E-state index >= 15 is 0 Å². The first kappa shape index (κ1) is 21.3. The molecule has 3 aromatic carbocycles. The predicted octanol–water partition coefficient (Wildman–Crippen LogP) is 6.07. The standard InChI is InChI=1S/C28H23FN4O2/c1-17-24(27-31-26(32-35-27)20-10-13-22(29)14-11-20)25(19-6-3-2-4-7-19)30-28(34)33(17)23-15-12-18-8-5-9-21(18)16-23/h2-4,6-7,10-16,25H,5,8-9H2,1H3,(H,30,34). The first-order valence-corrected chi connectivity index (χ1v) is 11.7. The summed E-state index contributed by atoms with van der Waals surface area (Å²) in [6.45, 7) is 1.90. The van der Waals surface area contributed by atoms with Crippen LogP contribution in [0, 0.1) is 5.82 Å². The third-order valence-corrected chi connectivity index (χ3v) is 6.72. The van der Waals surface area contributed by atoms with Crippen molar-refractivity contribution in [1.82, 2.24) is 15.5 Å². The topological polar surface area (TPSA) is 71.3 Å². The van der Waals surface area contributed by atoms with Gasteiger partial charge in [0.15, 0.2) is 0 Å². The van der Waals surface area contributed by atoms with Crippen molar-refractivity contribution in [1.29, 1.82) is 0 Å². The Morgan fingerprint density at radius 2 is 1.77 bits per heavy atom. The molecule has 0 bridgehead atoms. The third kappa shape index (κ3) is 3.79. The van der Waals surface area contributed by atoms with E-state index < -0.39 is 6.04 Å². The number of halogens is 1. The zero-order valence-electron chi connectivity index (χ0n) is 19.2. The average Bonchev–Trinajstić information content (AvgIpc) is 3.54. The van der Waals surface area contributed by atoms with E-state index in [1.54, 1.807) is 17.0 Å². The second-order valence-electron chi connectivity index (χ2n) is 8.86. The second-order valence-corrected chi connectivity index (χ2v) is 8.86. The van der Waals surface area contributed by atoms with Crippen LogP contribution in [-0.4, -0.2) is 16.2 Å². The molecule has 2 amide bonds. The molecular formula is C28H23FN4O2. The predicted molar refractivity (Wildman–Crippen MR) is 131 cm³/mol. The molecule has 174 valence electrons. The molecule has 1 N–H and O–H groups in total. The summed E-state index contributed by atoms with van der Waals surface area (Å²) in [4.78, 5) is 19.7. The van der Waals surface area contributed by atoms with Gasteiger partial charge >= 0.3 is 6.03 Å². The van der Waals surface area contributed by atoms with E-state index in [2.05, 4.69) is 27.6 Å². The summed E-state index contributed by atoms with van der Waals surface area (Å²) in [7, 11) is 0. The Hall–Kier alpha value is -4.26. The number of nitrogens with zero attached hydrogens (tertiary/aromatic N) is 3. The van der Waals surface area contributed by atoms with Gasteiger partial charge in [0, 0.05) is 11.3 Å². The van der Waals surface area contributed by atoms with E-state index in [0.29, 0.717) is 17.3 Å². The number of amides is 2. The van der Waals surface area contributed by atoms with Crippen LogP contribution >= 0.6 is 0 Å². The largest absolute Gasteiger partial charge is 0.334 e. The maximum atomic E-state index is 13.4. The van der Waals surface area contributed by atoms with Crippen LogP contribution in [0.1, 0.15) is 42.0 Å². The van der Waals surface area contributed by atoms with Crippen LogP contribution in [0.3, 0.4) is 0 Å². The normalized spacial score (nSPS) is 17.5. The number of anilines is 1. The SMILES string of the molecule is CC1=C(c2nc(-c3ccc(F)cc3)no2)C(c2ccccc2)NC(=O)N1c1ccc2c(c1)CCC2. The van der Waals surface area contributed by atoms with E-state index in [-0.39, 0.29) is 11.8 Å². The molecule has 0 saturated heterocycles. The number of allylic oxidation sites excluding steroid dienone is 1. The lowest BCUT2D eigenvalue weighted by atomic mass is 9.94. The van der Waals surface area contributed by atoms with E-state index in [1.165, 1.54) is 23.3 Å². The smallest absolute Gasteiger partial charge is 0.326 e. The Labute approximate surface area is 202 Å². The van der Waals surface area contributed by atoms with Crippen LogP contribution in [0.2, 0.25) is 0 Å². The molecule has 0 fully saturated rings. The van der Waals surface area contributed by atoms with Gasteiger partial charge in [-0.3, -0.25) is 4.90 Å². The average molecular weight is 467 g/mol. The van der Waals surface area contributed by atoms with Gasteiger partial charge in [-0.25, -0.2) is 9.18 Å². The van der Waals surface area contributed by atoms with Crippen molar-refractivity contribution in [2.45, 2.75) is 32.2 Å². The number of carbonyl (C=O) groups is 1. The zero-order chi connectivity index (χ0) is 23.9. The number of hydrogen-bond donors (Lipinski definition) is 1. The third-order valence-electron chi connectivity index (χ3n) is 6.72. The summed E-state index contributed by atoms with van der Waals surface area (Å²) >= 11 is 0. The summed E-state index contributed by atoms with van der Waals surface area (Å²) in [6.07, 6.45) is 3.23. The van der Waals surface area contributed by atoms with Crippen molar-refractivity contribution in [3.05, 3.63) is 107 Å². The summed E-state index contributed by atoms with van der Waals surface area (Å²) in [5, 5.41) is 7.28. The molecule has 7 heteroatoms. The number of fused-ring (bicyclic) bond motifs is 1. The summed E-state index contributed by atoms with van der Waals surface area (Å²) in [6, 6.07) is 21.2. The monoisotopic (exact) mass is 466 g/mol. The summed E-state index contributed by atoms with van der Waals surface area (Å²) in [5.41, 5.74) is 6.42. The quantitative estimate of drug-likeness (QED) is 0.396. The first-order chi connectivity index (χ1) is 17.1. The Balaban J connectivity index is 1.48. The van der Waals surface area contributed by atoms with E-state index in [0.717, 1.165) is 41.8 Å². The second kappa shape index (κ2) is 8.51. The zero-order valence-corrected chi connectivity index (χ0v) is 19.2. The van der Waals surface area contributed by atoms with Gasteiger partial charge < -0.3 is 9.84 Å². The van der Waals surface area contributed by atoms with Gasteiger partial charge in [-0.15, -0.1) is 0 Å². The molecule has 1 aromatic heterocycles. The molecule has 0 spiro atoms. The minimum Gasteiger partial charge on any atom is -0.334 e. The molecule has 1 aliphatic heterocycles. The van der Waals surface area contributed by atoms with E-state index in [9.17, 15) is 9.18 Å². The molecule has 2 heterocycles. The minimum absolute atomic E-state index is 0.212. The fourth-order valence-electron chi connectivity index (χ4n) is 4.97. The van der Waals surface area contributed by atoms with Crippen LogP contribution in [0.15, 0.2) is 83.0 Å². The highest BCUT2D eigenvalue weighted by molar-refractivity contribution is 6.01. The fourth-order valence-corrected chi connectivity index (χ4v) is 4.97. The number of carbonyl (C=O) groups excluding carboxylic acids is 1. The summed E-state index contributed by atoms with van der Waals surface area (Å²) < 4.78 is 19.1. The lowest BCUT2D eigenvalue weighted by Gasteiger charge is -2.35. The van der Waals surface area contributed by atoms with Crippen LogP contribution in [0.5, 0.6) is 0 Å². The molecular weight excluding hydrogens is 443 g/mol. The summed E-state index contributed by atoms with van der Waals surface area (Å²) in [5.74, 6) is 0.329. The van der Waals surface area contributed by atoms with Crippen molar-refractivity contribution in [3.63, 3.8) is 0 Å². The van der Waals surface area contributed by atoms with Gasteiger partial charge in [-0.1, -0.05) is 41.6 Å². The molecule has 1 aliphatic carbocycles. The van der Waals surface area contributed by atoms with Crippen molar-refractivity contribution in [2.24, 2.45) is 0 Å². The maximum Gasteiger partial charge on any atom is 0.326 e. The van der Waals surface area contributed by atoms with Crippen molar-refractivity contribution < 1.29 is 13.7 Å². The Morgan fingerprint density at radius 3 is 2.57 bits per heavy atom. The number of urea groups is 1. The number of aryl methyl sites for hydroxylation is 2. The lowest BCUT2D eigenvalue weighted by molar-refractivity contribution is 0.244. The van der Waals surface area contributed by atoms with Crippen LogP contribution in [0.4, 0.5) is 14.9 Å². The highest BCUT2D eigenvalue weighted by Gasteiger charge is 2.36. The van der Waals surface area contributed by atoms with E-state index in [4.69, 9.17) is 4.52 Å². The molecule has 6 nitrogen and oxygen atoms in total. The highest BCUT2D eigenvalue weighted by Crippen LogP contribution is 2.40. The van der Waals surface area contributed by atoms with Crippen molar-refractivity contribution >= 4 is 17.3 Å². The van der Waals surface area contributed by atoms with Gasteiger partial charge in [0.05, 0.1) is 17.3 Å². The van der Waals surface area contributed by atoms with Gasteiger partial charge in [0.1, 0.15) is 5.82 Å². The van der Waals surface area contributed by atoms with Crippen molar-refractivity contribution in [3.8, 4) is 11.4 Å². The molecule has 0 radical (unpaired) electrons. The molecule has 1 unspecified atom stereocenters. The Morgan fingerprint density at radius 1 is 1.00 bits per heavy atom.